The molecular formula is C12H22N2S. The van der Waals surface area contributed by atoms with E-state index in [1.54, 1.807) is 11.3 Å². The van der Waals surface area contributed by atoms with Crippen LogP contribution in [-0.4, -0.2) is 31.6 Å². The van der Waals surface area contributed by atoms with Crippen LogP contribution in [0.3, 0.4) is 0 Å². The quantitative estimate of drug-likeness (QED) is 0.769. The molecule has 1 heterocycles. The number of nitrogens with zero attached hydrogens (tertiary/aromatic N) is 1. The van der Waals surface area contributed by atoms with Gasteiger partial charge in [-0.25, -0.2) is 0 Å². The second kappa shape index (κ2) is 6.99. The van der Waals surface area contributed by atoms with Gasteiger partial charge in [0.1, 0.15) is 0 Å². The molecule has 0 saturated heterocycles. The van der Waals surface area contributed by atoms with Crippen LogP contribution < -0.4 is 5.32 Å². The van der Waals surface area contributed by atoms with Crippen LogP contribution in [0.4, 0.5) is 0 Å². The van der Waals surface area contributed by atoms with Gasteiger partial charge >= 0.3 is 0 Å². The average Bonchev–Trinajstić information content (AvgIpc) is 2.78. The van der Waals surface area contributed by atoms with Gasteiger partial charge in [-0.05, 0) is 55.5 Å². The first-order chi connectivity index (χ1) is 7.31. The maximum atomic E-state index is 3.39. The number of rotatable bonds is 7. The van der Waals surface area contributed by atoms with E-state index in [0.29, 0.717) is 6.04 Å². The Bertz CT molecular complexity index is 242. The van der Waals surface area contributed by atoms with Crippen molar-refractivity contribution in [3.8, 4) is 0 Å². The van der Waals surface area contributed by atoms with Crippen molar-refractivity contribution in [2.45, 2.75) is 26.3 Å². The molecule has 0 fully saturated rings. The maximum absolute atomic E-state index is 3.39. The largest absolute Gasteiger partial charge is 0.313 e. The summed E-state index contributed by atoms with van der Waals surface area (Å²) in [6.07, 6.45) is 1.19. The van der Waals surface area contributed by atoms with Gasteiger partial charge in [-0.15, -0.1) is 0 Å². The van der Waals surface area contributed by atoms with Crippen LogP contribution in [0, 0.1) is 0 Å². The lowest BCUT2D eigenvalue weighted by atomic mass is 10.1. The highest BCUT2D eigenvalue weighted by molar-refractivity contribution is 7.07. The molecule has 0 saturated carbocycles. The molecular weight excluding hydrogens is 204 g/mol. The van der Waals surface area contributed by atoms with Crippen molar-refractivity contribution in [1.82, 2.24) is 10.2 Å². The molecule has 0 aliphatic heterocycles. The van der Waals surface area contributed by atoms with E-state index in [9.17, 15) is 0 Å². The molecule has 0 spiro atoms. The lowest BCUT2D eigenvalue weighted by Gasteiger charge is -2.22. The van der Waals surface area contributed by atoms with Gasteiger partial charge in [0.05, 0.1) is 0 Å². The third kappa shape index (κ3) is 3.93. The van der Waals surface area contributed by atoms with Gasteiger partial charge in [-0.1, -0.05) is 13.8 Å². The Morgan fingerprint density at radius 1 is 1.40 bits per heavy atom. The summed E-state index contributed by atoms with van der Waals surface area (Å²) in [5.74, 6) is 0. The van der Waals surface area contributed by atoms with Gasteiger partial charge in [0.15, 0.2) is 0 Å². The minimum atomic E-state index is 0.511. The van der Waals surface area contributed by atoms with Crippen molar-refractivity contribution < 1.29 is 0 Å². The molecule has 0 bridgehead atoms. The number of hydrogen-bond donors (Lipinski definition) is 1. The van der Waals surface area contributed by atoms with E-state index in [1.165, 1.54) is 18.5 Å². The van der Waals surface area contributed by atoms with E-state index in [1.807, 2.05) is 7.05 Å². The summed E-state index contributed by atoms with van der Waals surface area (Å²) in [5, 5.41) is 7.78. The Morgan fingerprint density at radius 3 is 2.60 bits per heavy atom. The van der Waals surface area contributed by atoms with Gasteiger partial charge < -0.3 is 10.2 Å². The number of thiophene rings is 1. The molecule has 0 aromatic carbocycles. The van der Waals surface area contributed by atoms with Gasteiger partial charge in [-0.3, -0.25) is 0 Å². The molecule has 86 valence electrons. The summed E-state index contributed by atoms with van der Waals surface area (Å²) in [4.78, 5) is 2.47. The summed E-state index contributed by atoms with van der Waals surface area (Å²) in [7, 11) is 2.05. The van der Waals surface area contributed by atoms with Gasteiger partial charge in [0, 0.05) is 6.04 Å². The highest BCUT2D eigenvalue weighted by Crippen LogP contribution is 2.19. The van der Waals surface area contributed by atoms with E-state index in [-0.39, 0.29) is 0 Å². The Balaban J connectivity index is 2.41. The normalized spacial score (nSPS) is 13.3. The van der Waals surface area contributed by atoms with Crippen LogP contribution in [-0.2, 0) is 0 Å². The van der Waals surface area contributed by atoms with Crippen molar-refractivity contribution >= 4 is 11.3 Å². The fraction of sp³-hybridized carbons (Fsp3) is 0.667. The van der Waals surface area contributed by atoms with Crippen molar-refractivity contribution in [3.05, 3.63) is 22.4 Å². The van der Waals surface area contributed by atoms with Crippen LogP contribution in [0.15, 0.2) is 16.8 Å². The van der Waals surface area contributed by atoms with E-state index in [4.69, 9.17) is 0 Å². The maximum Gasteiger partial charge on any atom is 0.0338 e. The molecule has 1 rings (SSSR count). The predicted molar refractivity (Wildman–Crippen MR) is 68.5 cm³/mol. The summed E-state index contributed by atoms with van der Waals surface area (Å²) >= 11 is 1.78. The molecule has 0 amide bonds. The van der Waals surface area contributed by atoms with E-state index in [0.717, 1.165) is 13.1 Å². The molecule has 0 radical (unpaired) electrons. The smallest absolute Gasteiger partial charge is 0.0338 e. The SMILES string of the molecule is CCN(CC)CCC(NC)c1ccsc1. The van der Waals surface area contributed by atoms with Gasteiger partial charge in [0.2, 0.25) is 0 Å². The van der Waals surface area contributed by atoms with Crippen LogP contribution >= 0.6 is 11.3 Å². The van der Waals surface area contributed by atoms with Gasteiger partial charge in [-0.2, -0.15) is 11.3 Å². The zero-order valence-corrected chi connectivity index (χ0v) is 10.8. The summed E-state index contributed by atoms with van der Waals surface area (Å²) < 4.78 is 0. The molecule has 1 atom stereocenters. The molecule has 3 heteroatoms. The Hall–Kier alpha value is -0.380. The molecule has 1 unspecified atom stereocenters. The molecule has 1 aromatic heterocycles. The topological polar surface area (TPSA) is 15.3 Å². The first-order valence-electron chi connectivity index (χ1n) is 5.73. The highest BCUT2D eigenvalue weighted by Gasteiger charge is 2.10. The van der Waals surface area contributed by atoms with E-state index >= 15 is 0 Å². The zero-order valence-electron chi connectivity index (χ0n) is 9.99. The first kappa shape index (κ1) is 12.7. The van der Waals surface area contributed by atoms with Crippen molar-refractivity contribution in [2.75, 3.05) is 26.7 Å². The fourth-order valence-corrected chi connectivity index (χ4v) is 2.52. The van der Waals surface area contributed by atoms with Crippen LogP contribution in [0.1, 0.15) is 31.9 Å². The van der Waals surface area contributed by atoms with Crippen LogP contribution in [0.2, 0.25) is 0 Å². The lowest BCUT2D eigenvalue weighted by Crippen LogP contribution is -2.28. The third-order valence-electron chi connectivity index (χ3n) is 2.92. The van der Waals surface area contributed by atoms with Gasteiger partial charge in [0.25, 0.3) is 0 Å². The lowest BCUT2D eigenvalue weighted by molar-refractivity contribution is 0.284. The molecule has 1 N–H and O–H groups in total. The monoisotopic (exact) mass is 226 g/mol. The number of hydrogen-bond acceptors (Lipinski definition) is 3. The molecule has 1 aromatic rings. The summed E-state index contributed by atoms with van der Waals surface area (Å²) in [6.45, 7) is 7.92. The molecule has 15 heavy (non-hydrogen) atoms. The van der Waals surface area contributed by atoms with Crippen molar-refractivity contribution in [2.24, 2.45) is 0 Å². The second-order valence-electron chi connectivity index (χ2n) is 3.71. The Kier molecular flexibility index (Phi) is 5.91. The predicted octanol–water partition coefficient (Wildman–Crippen LogP) is 2.74. The Labute approximate surface area is 97.3 Å². The highest BCUT2D eigenvalue weighted by atomic mass is 32.1. The molecule has 0 aliphatic carbocycles. The fourth-order valence-electron chi connectivity index (χ4n) is 1.80. The van der Waals surface area contributed by atoms with Crippen molar-refractivity contribution in [3.63, 3.8) is 0 Å². The summed E-state index contributed by atoms with van der Waals surface area (Å²) in [5.41, 5.74) is 1.43. The van der Waals surface area contributed by atoms with E-state index < -0.39 is 0 Å². The number of nitrogens with one attached hydrogen (secondary N) is 1. The minimum absolute atomic E-state index is 0.511. The van der Waals surface area contributed by atoms with E-state index in [2.05, 4.69) is 40.9 Å². The summed E-state index contributed by atoms with van der Waals surface area (Å²) in [6, 6.07) is 2.73. The standard InChI is InChI=1S/C12H22N2S/c1-4-14(5-2)8-6-12(13-3)11-7-9-15-10-11/h7,9-10,12-13H,4-6,8H2,1-3H3. The van der Waals surface area contributed by atoms with Crippen LogP contribution in [0.5, 0.6) is 0 Å². The second-order valence-corrected chi connectivity index (χ2v) is 4.49. The van der Waals surface area contributed by atoms with Crippen LogP contribution in [0.25, 0.3) is 0 Å². The zero-order chi connectivity index (χ0) is 11.1. The molecule has 2 nitrogen and oxygen atoms in total. The Morgan fingerprint density at radius 2 is 2.13 bits per heavy atom. The average molecular weight is 226 g/mol. The minimum Gasteiger partial charge on any atom is -0.313 e. The van der Waals surface area contributed by atoms with Crippen molar-refractivity contribution in [1.29, 1.82) is 0 Å². The third-order valence-corrected chi connectivity index (χ3v) is 3.62. The first-order valence-corrected chi connectivity index (χ1v) is 6.67. The molecule has 0 aliphatic rings.